The summed E-state index contributed by atoms with van der Waals surface area (Å²) >= 11 is 0. The predicted octanol–water partition coefficient (Wildman–Crippen LogP) is 1.79. The Morgan fingerprint density at radius 2 is 1.95 bits per heavy atom. The number of fused-ring (bicyclic) bond motifs is 2. The number of hydrogen-bond acceptors (Lipinski definition) is 4. The zero-order chi connectivity index (χ0) is 15.0. The van der Waals surface area contributed by atoms with Gasteiger partial charge < -0.3 is 21.7 Å². The van der Waals surface area contributed by atoms with E-state index in [0.717, 1.165) is 18.5 Å². The van der Waals surface area contributed by atoms with Gasteiger partial charge in [0.25, 0.3) is 0 Å². The molecule has 5 heteroatoms. The Labute approximate surface area is 125 Å². The van der Waals surface area contributed by atoms with Gasteiger partial charge in [-0.2, -0.15) is 0 Å². The summed E-state index contributed by atoms with van der Waals surface area (Å²) < 4.78 is 0. The number of anilines is 2. The van der Waals surface area contributed by atoms with Gasteiger partial charge in [0, 0.05) is 23.7 Å². The van der Waals surface area contributed by atoms with E-state index >= 15 is 0 Å². The Morgan fingerprint density at radius 1 is 1.29 bits per heavy atom. The molecular formula is C16H24N4O. The zero-order valence-electron chi connectivity index (χ0n) is 12.5. The molecule has 2 unspecified atom stereocenters. The van der Waals surface area contributed by atoms with Gasteiger partial charge in [-0.05, 0) is 50.9 Å². The molecule has 0 aromatic heterocycles. The van der Waals surface area contributed by atoms with Gasteiger partial charge in [-0.15, -0.1) is 0 Å². The Bertz CT molecular complexity index is 531. The minimum atomic E-state index is -0.443. The average molecular weight is 288 g/mol. The van der Waals surface area contributed by atoms with E-state index in [-0.39, 0.29) is 0 Å². The summed E-state index contributed by atoms with van der Waals surface area (Å²) in [4.78, 5) is 13.7. The van der Waals surface area contributed by atoms with Crippen molar-refractivity contribution in [1.29, 1.82) is 0 Å². The van der Waals surface area contributed by atoms with Crippen LogP contribution in [0.1, 0.15) is 42.5 Å². The Balaban J connectivity index is 1.71. The van der Waals surface area contributed by atoms with Gasteiger partial charge in [-0.3, -0.25) is 4.79 Å². The first-order chi connectivity index (χ1) is 10.0. The van der Waals surface area contributed by atoms with Crippen LogP contribution in [-0.4, -0.2) is 36.0 Å². The quantitative estimate of drug-likeness (QED) is 0.740. The molecule has 1 aromatic carbocycles. The molecule has 114 valence electrons. The van der Waals surface area contributed by atoms with Crippen LogP contribution in [0.2, 0.25) is 0 Å². The van der Waals surface area contributed by atoms with E-state index in [2.05, 4.69) is 17.3 Å². The number of rotatable bonds is 3. The molecule has 0 spiro atoms. The van der Waals surface area contributed by atoms with Crippen LogP contribution in [0.4, 0.5) is 11.4 Å². The third-order valence-corrected chi connectivity index (χ3v) is 5.04. The second-order valence-corrected chi connectivity index (χ2v) is 6.38. The number of primary amides is 1. The monoisotopic (exact) mass is 288 g/mol. The number of amides is 1. The number of nitrogens with one attached hydrogen (secondary N) is 1. The Kier molecular flexibility index (Phi) is 3.76. The minimum Gasteiger partial charge on any atom is -0.397 e. The van der Waals surface area contributed by atoms with Gasteiger partial charge >= 0.3 is 0 Å². The maximum atomic E-state index is 11.2. The number of hydrogen-bond donors (Lipinski definition) is 3. The molecule has 2 heterocycles. The molecule has 2 fully saturated rings. The van der Waals surface area contributed by atoms with Gasteiger partial charge in [-0.25, -0.2) is 0 Å². The van der Waals surface area contributed by atoms with Crippen molar-refractivity contribution in [3.8, 4) is 0 Å². The first-order valence-electron chi connectivity index (χ1n) is 7.72. The van der Waals surface area contributed by atoms with E-state index in [4.69, 9.17) is 11.5 Å². The SMILES string of the molecule is CN1C2CCCC1CC(Nc1ccc(C(N)=O)cc1N)C2. The topological polar surface area (TPSA) is 84.4 Å². The number of nitrogen functional groups attached to an aromatic ring is 1. The summed E-state index contributed by atoms with van der Waals surface area (Å²) in [6, 6.07) is 7.07. The van der Waals surface area contributed by atoms with E-state index in [1.807, 2.05) is 6.07 Å². The summed E-state index contributed by atoms with van der Waals surface area (Å²) in [7, 11) is 2.25. The summed E-state index contributed by atoms with van der Waals surface area (Å²) in [5.41, 5.74) is 13.3. The van der Waals surface area contributed by atoms with Crippen molar-refractivity contribution < 1.29 is 4.79 Å². The van der Waals surface area contributed by atoms with Crippen LogP contribution in [-0.2, 0) is 0 Å². The first kappa shape index (κ1) is 14.2. The van der Waals surface area contributed by atoms with Crippen molar-refractivity contribution in [3.63, 3.8) is 0 Å². The van der Waals surface area contributed by atoms with E-state index in [1.54, 1.807) is 12.1 Å². The second kappa shape index (κ2) is 5.56. The molecule has 2 atom stereocenters. The van der Waals surface area contributed by atoms with E-state index in [1.165, 1.54) is 19.3 Å². The number of piperidine rings is 2. The molecule has 21 heavy (non-hydrogen) atoms. The third kappa shape index (κ3) is 2.83. The highest BCUT2D eigenvalue weighted by atomic mass is 16.1. The van der Waals surface area contributed by atoms with Crippen LogP contribution in [0.5, 0.6) is 0 Å². The molecule has 2 aliphatic heterocycles. The number of nitrogens with two attached hydrogens (primary N) is 2. The van der Waals surface area contributed by atoms with Gasteiger partial charge in [0.2, 0.25) is 5.91 Å². The first-order valence-corrected chi connectivity index (χ1v) is 7.72. The molecule has 0 saturated carbocycles. The van der Waals surface area contributed by atoms with Crippen LogP contribution in [0.15, 0.2) is 18.2 Å². The van der Waals surface area contributed by atoms with Crippen LogP contribution in [0.25, 0.3) is 0 Å². The van der Waals surface area contributed by atoms with Gasteiger partial charge in [0.1, 0.15) is 0 Å². The minimum absolute atomic E-state index is 0.443. The number of carbonyl (C=O) groups is 1. The lowest BCUT2D eigenvalue weighted by Gasteiger charge is -2.47. The number of carbonyl (C=O) groups excluding carboxylic acids is 1. The molecule has 1 amide bonds. The lowest BCUT2D eigenvalue weighted by Crippen LogP contribution is -2.52. The molecule has 0 aliphatic carbocycles. The summed E-state index contributed by atoms with van der Waals surface area (Å²) in [5.74, 6) is -0.443. The fraction of sp³-hybridized carbons (Fsp3) is 0.562. The van der Waals surface area contributed by atoms with Crippen molar-refractivity contribution in [2.24, 2.45) is 5.73 Å². The lowest BCUT2D eigenvalue weighted by molar-refractivity contribution is 0.0608. The predicted molar refractivity (Wildman–Crippen MR) is 85.2 cm³/mol. The van der Waals surface area contributed by atoms with Crippen molar-refractivity contribution in [3.05, 3.63) is 23.8 Å². The van der Waals surface area contributed by atoms with E-state index in [0.29, 0.717) is 29.4 Å². The largest absolute Gasteiger partial charge is 0.397 e. The van der Waals surface area contributed by atoms with Crippen LogP contribution in [0.3, 0.4) is 0 Å². The fourth-order valence-electron chi connectivity index (χ4n) is 3.80. The summed E-state index contributed by atoms with van der Waals surface area (Å²) in [5, 5.41) is 3.56. The number of benzene rings is 1. The maximum absolute atomic E-state index is 11.2. The molecule has 5 nitrogen and oxygen atoms in total. The normalized spacial score (nSPS) is 29.1. The standard InChI is InChI=1S/C16H24N4O/c1-20-12-3-2-4-13(20)9-11(8-12)19-15-6-5-10(16(18)21)7-14(15)17/h5-7,11-13,19H,2-4,8-9,17H2,1H3,(H2,18,21). The van der Waals surface area contributed by atoms with Crippen LogP contribution >= 0.6 is 0 Å². The zero-order valence-corrected chi connectivity index (χ0v) is 12.5. The molecular weight excluding hydrogens is 264 g/mol. The molecule has 5 N–H and O–H groups in total. The van der Waals surface area contributed by atoms with Crippen LogP contribution in [0, 0.1) is 0 Å². The molecule has 2 bridgehead atoms. The maximum Gasteiger partial charge on any atom is 0.248 e. The van der Waals surface area contributed by atoms with E-state index in [9.17, 15) is 4.79 Å². The van der Waals surface area contributed by atoms with Crippen LogP contribution < -0.4 is 16.8 Å². The van der Waals surface area contributed by atoms with Gasteiger partial charge in [0.15, 0.2) is 0 Å². The molecule has 2 saturated heterocycles. The molecule has 0 radical (unpaired) electrons. The molecule has 2 aliphatic rings. The van der Waals surface area contributed by atoms with Crippen molar-refractivity contribution in [2.45, 2.75) is 50.2 Å². The summed E-state index contributed by atoms with van der Waals surface area (Å²) in [6.45, 7) is 0. The molecule has 3 rings (SSSR count). The average Bonchev–Trinajstić information content (AvgIpc) is 2.42. The van der Waals surface area contributed by atoms with Gasteiger partial charge in [-0.1, -0.05) is 6.42 Å². The highest BCUT2D eigenvalue weighted by Crippen LogP contribution is 2.34. The smallest absolute Gasteiger partial charge is 0.248 e. The number of nitrogens with zero attached hydrogens (tertiary/aromatic N) is 1. The highest BCUT2D eigenvalue weighted by Gasteiger charge is 2.35. The van der Waals surface area contributed by atoms with Crippen molar-refractivity contribution in [1.82, 2.24) is 4.90 Å². The third-order valence-electron chi connectivity index (χ3n) is 5.04. The van der Waals surface area contributed by atoms with Crippen molar-refractivity contribution >= 4 is 17.3 Å². The lowest BCUT2D eigenvalue weighted by atomic mass is 9.82. The van der Waals surface area contributed by atoms with Crippen molar-refractivity contribution in [2.75, 3.05) is 18.1 Å². The summed E-state index contributed by atoms with van der Waals surface area (Å²) in [6.07, 6.45) is 6.25. The second-order valence-electron chi connectivity index (χ2n) is 6.38. The van der Waals surface area contributed by atoms with E-state index < -0.39 is 5.91 Å². The Hall–Kier alpha value is -1.75. The van der Waals surface area contributed by atoms with Gasteiger partial charge in [0.05, 0.1) is 11.4 Å². The fourth-order valence-corrected chi connectivity index (χ4v) is 3.80. The Morgan fingerprint density at radius 3 is 2.52 bits per heavy atom. The molecule has 1 aromatic rings. The highest BCUT2D eigenvalue weighted by molar-refractivity contribution is 5.94.